The third-order valence-electron chi connectivity index (χ3n) is 2.56. The fourth-order valence-electron chi connectivity index (χ4n) is 1.12. The Kier molecular flexibility index (Phi) is 4.48. The lowest BCUT2D eigenvalue weighted by atomic mass is 10.0. The number of halogens is 2. The first-order valence-corrected chi connectivity index (χ1v) is 5.70. The summed E-state index contributed by atoms with van der Waals surface area (Å²) < 4.78 is 18.4. The minimum atomic E-state index is -0.860. The van der Waals surface area contributed by atoms with Crippen molar-refractivity contribution in [3.8, 4) is 5.75 Å². The van der Waals surface area contributed by atoms with Gasteiger partial charge in [0.1, 0.15) is 12.4 Å². The van der Waals surface area contributed by atoms with Crippen LogP contribution < -0.4 is 10.5 Å². The first-order chi connectivity index (χ1) is 8.26. The maximum Gasteiger partial charge on any atom is 0.313 e. The third kappa shape index (κ3) is 3.54. The molecule has 5 nitrogen and oxygen atoms in total. The summed E-state index contributed by atoms with van der Waals surface area (Å²) in [6.45, 7) is 3.70. The van der Waals surface area contributed by atoms with E-state index >= 15 is 0 Å². The molecule has 0 fully saturated rings. The lowest BCUT2D eigenvalue weighted by molar-refractivity contribution is -0.386. The van der Waals surface area contributed by atoms with Crippen molar-refractivity contribution in [2.75, 3.05) is 6.61 Å². The van der Waals surface area contributed by atoms with Gasteiger partial charge in [0, 0.05) is 11.6 Å². The summed E-state index contributed by atoms with van der Waals surface area (Å²) >= 11 is 5.57. The average Bonchev–Trinajstić information content (AvgIpc) is 2.30. The molecule has 0 bridgehead atoms. The van der Waals surface area contributed by atoms with Crippen LogP contribution in [0.15, 0.2) is 12.1 Å². The Morgan fingerprint density at radius 3 is 2.72 bits per heavy atom. The van der Waals surface area contributed by atoms with Gasteiger partial charge in [-0.1, -0.05) is 18.5 Å². The maximum absolute atomic E-state index is 13.1. The van der Waals surface area contributed by atoms with Gasteiger partial charge in [-0.25, -0.2) is 4.39 Å². The minimum Gasteiger partial charge on any atom is -0.485 e. The van der Waals surface area contributed by atoms with Crippen LogP contribution in [0.1, 0.15) is 20.3 Å². The summed E-state index contributed by atoms with van der Waals surface area (Å²) in [7, 11) is 0. The van der Waals surface area contributed by atoms with Crippen LogP contribution in [0.3, 0.4) is 0 Å². The summed E-state index contributed by atoms with van der Waals surface area (Å²) in [5.74, 6) is -0.946. The molecule has 100 valence electrons. The number of nitro groups is 1. The Balaban J connectivity index is 3.01. The van der Waals surface area contributed by atoms with Crippen molar-refractivity contribution in [3.63, 3.8) is 0 Å². The summed E-state index contributed by atoms with van der Waals surface area (Å²) in [4.78, 5) is 10.0. The molecular weight excluding hydrogens is 263 g/mol. The summed E-state index contributed by atoms with van der Waals surface area (Å²) in [5.41, 5.74) is 4.77. The van der Waals surface area contributed by atoms with Crippen molar-refractivity contribution in [1.29, 1.82) is 0 Å². The zero-order chi connectivity index (χ0) is 13.9. The van der Waals surface area contributed by atoms with Crippen LogP contribution in [-0.4, -0.2) is 17.1 Å². The normalized spacial score (nSPS) is 14.1. The first-order valence-electron chi connectivity index (χ1n) is 5.32. The second-order valence-corrected chi connectivity index (χ2v) is 4.69. The van der Waals surface area contributed by atoms with Gasteiger partial charge in [0.2, 0.25) is 0 Å². The Morgan fingerprint density at radius 1 is 1.61 bits per heavy atom. The molecule has 0 radical (unpaired) electrons. The van der Waals surface area contributed by atoms with E-state index in [0.717, 1.165) is 12.1 Å². The van der Waals surface area contributed by atoms with Crippen molar-refractivity contribution in [1.82, 2.24) is 0 Å². The average molecular weight is 277 g/mol. The zero-order valence-electron chi connectivity index (χ0n) is 10.1. The van der Waals surface area contributed by atoms with Crippen molar-refractivity contribution in [3.05, 3.63) is 33.1 Å². The second kappa shape index (κ2) is 5.49. The fraction of sp³-hybridized carbons (Fsp3) is 0.455. The van der Waals surface area contributed by atoms with Gasteiger partial charge in [-0.2, -0.15) is 0 Å². The highest BCUT2D eigenvalue weighted by Crippen LogP contribution is 2.32. The monoisotopic (exact) mass is 276 g/mol. The molecule has 0 amide bonds. The number of benzene rings is 1. The number of nitrogens with zero attached hydrogens (tertiary/aromatic N) is 1. The molecule has 0 aliphatic rings. The van der Waals surface area contributed by atoms with Crippen molar-refractivity contribution < 1.29 is 14.1 Å². The molecule has 7 heteroatoms. The van der Waals surface area contributed by atoms with E-state index in [0.29, 0.717) is 6.42 Å². The largest absolute Gasteiger partial charge is 0.485 e. The molecule has 2 N–H and O–H groups in total. The molecule has 0 heterocycles. The SMILES string of the molecule is CCC(C)(N)COc1cc(Cl)c(F)cc1[N+](=O)[O-]. The van der Waals surface area contributed by atoms with Crippen LogP contribution in [-0.2, 0) is 0 Å². The highest BCUT2D eigenvalue weighted by atomic mass is 35.5. The zero-order valence-corrected chi connectivity index (χ0v) is 10.8. The topological polar surface area (TPSA) is 78.4 Å². The molecule has 1 aromatic carbocycles. The highest BCUT2D eigenvalue weighted by Gasteiger charge is 2.22. The van der Waals surface area contributed by atoms with Gasteiger partial charge in [-0.3, -0.25) is 10.1 Å². The molecule has 0 aromatic heterocycles. The van der Waals surface area contributed by atoms with Crippen LogP contribution >= 0.6 is 11.6 Å². The van der Waals surface area contributed by atoms with Gasteiger partial charge in [-0.15, -0.1) is 0 Å². The van der Waals surface area contributed by atoms with E-state index in [1.165, 1.54) is 0 Å². The number of rotatable bonds is 5. The van der Waals surface area contributed by atoms with E-state index in [9.17, 15) is 14.5 Å². The third-order valence-corrected chi connectivity index (χ3v) is 2.85. The van der Waals surface area contributed by atoms with Crippen LogP contribution in [0.4, 0.5) is 10.1 Å². The Hall–Kier alpha value is -1.40. The molecule has 0 aliphatic carbocycles. The molecule has 1 unspecified atom stereocenters. The van der Waals surface area contributed by atoms with Gasteiger partial charge >= 0.3 is 5.69 Å². The van der Waals surface area contributed by atoms with Gasteiger partial charge in [-0.05, 0) is 13.3 Å². The number of nitrogens with two attached hydrogens (primary N) is 1. The smallest absolute Gasteiger partial charge is 0.313 e. The van der Waals surface area contributed by atoms with Crippen LogP contribution in [0.2, 0.25) is 5.02 Å². The molecule has 0 saturated carbocycles. The molecule has 0 saturated heterocycles. The maximum atomic E-state index is 13.1. The Morgan fingerprint density at radius 2 is 2.22 bits per heavy atom. The van der Waals surface area contributed by atoms with E-state index in [4.69, 9.17) is 22.1 Å². The van der Waals surface area contributed by atoms with Gasteiger partial charge < -0.3 is 10.5 Å². The molecule has 1 rings (SSSR count). The molecular formula is C11H14ClFN2O3. The quantitative estimate of drug-likeness (QED) is 0.662. The van der Waals surface area contributed by atoms with Gasteiger partial charge in [0.25, 0.3) is 0 Å². The minimum absolute atomic E-state index is 0.0757. The van der Waals surface area contributed by atoms with E-state index in [1.54, 1.807) is 6.92 Å². The summed E-state index contributed by atoms with van der Waals surface area (Å²) in [6, 6.07) is 1.82. The first kappa shape index (κ1) is 14.7. The van der Waals surface area contributed by atoms with E-state index in [1.807, 2.05) is 6.92 Å². The second-order valence-electron chi connectivity index (χ2n) is 4.29. The van der Waals surface area contributed by atoms with Crippen molar-refractivity contribution in [2.24, 2.45) is 5.73 Å². The summed E-state index contributed by atoms with van der Waals surface area (Å²) in [5, 5.41) is 10.5. The van der Waals surface area contributed by atoms with Crippen molar-refractivity contribution in [2.45, 2.75) is 25.8 Å². The van der Waals surface area contributed by atoms with E-state index in [-0.39, 0.29) is 17.4 Å². The molecule has 1 atom stereocenters. The predicted octanol–water partition coefficient (Wildman–Crippen LogP) is 2.89. The van der Waals surface area contributed by atoms with Crippen molar-refractivity contribution >= 4 is 17.3 Å². The highest BCUT2D eigenvalue weighted by molar-refractivity contribution is 6.31. The van der Waals surface area contributed by atoms with Crippen LogP contribution in [0.5, 0.6) is 5.75 Å². The van der Waals surface area contributed by atoms with Crippen LogP contribution in [0, 0.1) is 15.9 Å². The predicted molar refractivity (Wildman–Crippen MR) is 66.4 cm³/mol. The fourth-order valence-corrected chi connectivity index (χ4v) is 1.27. The van der Waals surface area contributed by atoms with Gasteiger partial charge in [0.05, 0.1) is 16.0 Å². The number of hydrogen-bond donors (Lipinski definition) is 1. The number of nitro benzene ring substituents is 1. The Bertz CT molecular complexity index is 466. The summed E-state index contributed by atoms with van der Waals surface area (Å²) in [6.07, 6.45) is 0.635. The van der Waals surface area contributed by atoms with E-state index in [2.05, 4.69) is 0 Å². The van der Waals surface area contributed by atoms with Gasteiger partial charge in [0.15, 0.2) is 5.75 Å². The molecule has 0 spiro atoms. The standard InChI is InChI=1S/C11H14ClFN2O3/c1-3-11(2,14)6-18-10-4-7(12)8(13)5-9(10)15(16)17/h4-5H,3,6,14H2,1-2H3. The van der Waals surface area contributed by atoms with E-state index < -0.39 is 22.0 Å². The molecule has 1 aromatic rings. The lowest BCUT2D eigenvalue weighted by Crippen LogP contribution is -2.41. The lowest BCUT2D eigenvalue weighted by Gasteiger charge is -2.22. The number of ether oxygens (including phenoxy) is 1. The Labute approximate surface area is 109 Å². The number of hydrogen-bond acceptors (Lipinski definition) is 4. The van der Waals surface area contributed by atoms with Crippen LogP contribution in [0.25, 0.3) is 0 Å². The molecule has 18 heavy (non-hydrogen) atoms. The molecule has 0 aliphatic heterocycles.